The maximum absolute atomic E-state index is 10.4. The molecule has 0 saturated heterocycles. The highest BCUT2D eigenvalue weighted by Crippen LogP contribution is 2.29. The van der Waals surface area contributed by atoms with Crippen LogP contribution in [0.3, 0.4) is 0 Å². The van der Waals surface area contributed by atoms with Crippen LogP contribution >= 0.6 is 0 Å². The number of nitrogens with zero attached hydrogens (tertiary/aromatic N) is 1. The van der Waals surface area contributed by atoms with Crippen LogP contribution < -0.4 is 4.90 Å². The summed E-state index contributed by atoms with van der Waals surface area (Å²) in [7, 11) is 0. The Morgan fingerprint density at radius 2 is 1.52 bits per heavy atom. The van der Waals surface area contributed by atoms with Gasteiger partial charge in [-0.25, -0.2) is 0 Å². The lowest BCUT2D eigenvalue weighted by Gasteiger charge is -2.26. The molecule has 0 fully saturated rings. The monoisotopic (exact) mass is 317 g/mol. The molecule has 0 spiro atoms. The number of unbranched alkanes of at least 4 members (excludes halogenated alkanes) is 9. The van der Waals surface area contributed by atoms with Crippen molar-refractivity contribution in [1.29, 1.82) is 0 Å². The van der Waals surface area contributed by atoms with Crippen LogP contribution in [-0.4, -0.2) is 17.9 Å². The zero-order chi connectivity index (χ0) is 16.3. The Bertz CT molecular complexity index is 432. The summed E-state index contributed by atoms with van der Waals surface area (Å²) >= 11 is 0. The third-order valence-corrected chi connectivity index (χ3v) is 5.10. The van der Waals surface area contributed by atoms with Crippen molar-refractivity contribution in [3.63, 3.8) is 0 Å². The van der Waals surface area contributed by atoms with E-state index in [-0.39, 0.29) is 6.23 Å². The molecule has 1 unspecified atom stereocenters. The highest BCUT2D eigenvalue weighted by atomic mass is 16.3. The Kier molecular flexibility index (Phi) is 8.52. The topological polar surface area (TPSA) is 23.5 Å². The fraction of sp³-hybridized carbons (Fsp3) is 0.714. The van der Waals surface area contributed by atoms with Gasteiger partial charge in [-0.1, -0.05) is 82.9 Å². The summed E-state index contributed by atoms with van der Waals surface area (Å²) < 4.78 is 0. The van der Waals surface area contributed by atoms with Crippen LogP contribution in [0.2, 0.25) is 0 Å². The molecule has 1 aromatic rings. The first-order chi connectivity index (χ1) is 11.3. The highest BCUT2D eigenvalue weighted by Gasteiger charge is 2.23. The Morgan fingerprint density at radius 3 is 2.22 bits per heavy atom. The van der Waals surface area contributed by atoms with Crippen LogP contribution in [0.1, 0.15) is 83.1 Å². The molecular weight excluding hydrogens is 282 g/mol. The summed E-state index contributed by atoms with van der Waals surface area (Å²) in [4.78, 5) is 2.18. The molecule has 1 aliphatic rings. The number of para-hydroxylation sites is 1. The van der Waals surface area contributed by atoms with Crippen LogP contribution in [0.15, 0.2) is 24.3 Å². The van der Waals surface area contributed by atoms with Crippen LogP contribution in [0.5, 0.6) is 0 Å². The van der Waals surface area contributed by atoms with Gasteiger partial charge in [-0.15, -0.1) is 0 Å². The molecule has 1 aliphatic heterocycles. The van der Waals surface area contributed by atoms with E-state index in [4.69, 9.17) is 0 Å². The van der Waals surface area contributed by atoms with Gasteiger partial charge in [0.2, 0.25) is 0 Å². The lowest BCUT2D eigenvalue weighted by molar-refractivity contribution is 0.157. The zero-order valence-corrected chi connectivity index (χ0v) is 15.0. The van der Waals surface area contributed by atoms with E-state index in [2.05, 4.69) is 36.1 Å². The van der Waals surface area contributed by atoms with Crippen molar-refractivity contribution >= 4 is 5.69 Å². The fourth-order valence-electron chi connectivity index (χ4n) is 3.64. The molecule has 130 valence electrons. The predicted molar refractivity (Wildman–Crippen MR) is 100.0 cm³/mol. The average molecular weight is 318 g/mol. The van der Waals surface area contributed by atoms with Crippen LogP contribution in [-0.2, 0) is 6.42 Å². The van der Waals surface area contributed by atoms with Crippen molar-refractivity contribution in [1.82, 2.24) is 0 Å². The van der Waals surface area contributed by atoms with E-state index in [0.717, 1.165) is 25.8 Å². The predicted octanol–water partition coefficient (Wildman–Crippen LogP) is 5.68. The standard InChI is InChI=1S/C21H35NO/c1-2-3-4-5-6-7-8-9-10-11-16-21(23)22-18-17-19-14-12-13-15-20(19)22/h12-15,21,23H,2-11,16-18H2,1H3. The number of aliphatic hydroxyl groups excluding tert-OH is 1. The Morgan fingerprint density at radius 1 is 0.913 bits per heavy atom. The maximum atomic E-state index is 10.4. The lowest BCUT2D eigenvalue weighted by Crippen LogP contribution is -2.33. The van der Waals surface area contributed by atoms with E-state index in [0.29, 0.717) is 0 Å². The smallest absolute Gasteiger partial charge is 0.126 e. The molecule has 0 radical (unpaired) electrons. The molecule has 1 aromatic carbocycles. The number of anilines is 1. The third-order valence-electron chi connectivity index (χ3n) is 5.10. The summed E-state index contributed by atoms with van der Waals surface area (Å²) in [6, 6.07) is 8.49. The number of rotatable bonds is 12. The number of aliphatic hydroxyl groups is 1. The van der Waals surface area contributed by atoms with Crippen molar-refractivity contribution in [2.75, 3.05) is 11.4 Å². The Hall–Kier alpha value is -1.02. The molecule has 1 heterocycles. The minimum absolute atomic E-state index is 0.298. The number of benzene rings is 1. The SMILES string of the molecule is CCCCCCCCCCCCC(O)N1CCc2ccccc21. The van der Waals surface area contributed by atoms with Gasteiger partial charge in [0.1, 0.15) is 6.23 Å². The Labute approximate surface area is 142 Å². The minimum Gasteiger partial charge on any atom is -0.374 e. The number of fused-ring (bicyclic) bond motifs is 1. The van der Waals surface area contributed by atoms with Gasteiger partial charge in [0.15, 0.2) is 0 Å². The summed E-state index contributed by atoms with van der Waals surface area (Å²) in [6.45, 7) is 3.24. The van der Waals surface area contributed by atoms with E-state index in [9.17, 15) is 5.11 Å². The molecule has 23 heavy (non-hydrogen) atoms. The second-order valence-electron chi connectivity index (χ2n) is 7.02. The number of hydrogen-bond acceptors (Lipinski definition) is 2. The van der Waals surface area contributed by atoms with Gasteiger partial charge < -0.3 is 10.0 Å². The first-order valence-electron chi connectivity index (χ1n) is 9.85. The van der Waals surface area contributed by atoms with Gasteiger partial charge in [-0.3, -0.25) is 0 Å². The quantitative estimate of drug-likeness (QED) is 0.501. The molecule has 0 amide bonds. The molecule has 0 saturated carbocycles. The molecule has 2 heteroatoms. The van der Waals surface area contributed by atoms with Crippen molar-refractivity contribution < 1.29 is 5.11 Å². The van der Waals surface area contributed by atoms with E-state index in [1.54, 1.807) is 0 Å². The van der Waals surface area contributed by atoms with Gasteiger partial charge in [0.25, 0.3) is 0 Å². The molecule has 1 N–H and O–H groups in total. The van der Waals surface area contributed by atoms with Crippen molar-refractivity contribution in [3.8, 4) is 0 Å². The molecule has 1 atom stereocenters. The van der Waals surface area contributed by atoms with E-state index < -0.39 is 0 Å². The molecule has 2 nitrogen and oxygen atoms in total. The summed E-state index contributed by atoms with van der Waals surface area (Å²) in [5.74, 6) is 0. The summed E-state index contributed by atoms with van der Waals surface area (Å²) in [5, 5.41) is 10.4. The van der Waals surface area contributed by atoms with Crippen molar-refractivity contribution in [2.24, 2.45) is 0 Å². The van der Waals surface area contributed by atoms with Crippen molar-refractivity contribution in [3.05, 3.63) is 29.8 Å². The zero-order valence-electron chi connectivity index (χ0n) is 15.0. The van der Waals surface area contributed by atoms with Gasteiger partial charge in [-0.05, 0) is 30.9 Å². The normalized spacial score (nSPS) is 15.0. The molecule has 0 aliphatic carbocycles. The molecule has 0 bridgehead atoms. The molecular formula is C21H35NO. The first kappa shape index (κ1) is 18.3. The highest BCUT2D eigenvalue weighted by molar-refractivity contribution is 5.58. The molecule has 0 aromatic heterocycles. The third kappa shape index (κ3) is 6.18. The first-order valence-corrected chi connectivity index (χ1v) is 9.85. The second-order valence-corrected chi connectivity index (χ2v) is 7.02. The second kappa shape index (κ2) is 10.7. The van der Waals surface area contributed by atoms with Crippen LogP contribution in [0, 0.1) is 0 Å². The summed E-state index contributed by atoms with van der Waals surface area (Å²) in [5.41, 5.74) is 2.63. The largest absolute Gasteiger partial charge is 0.374 e. The lowest BCUT2D eigenvalue weighted by atomic mass is 10.1. The number of hydrogen-bond donors (Lipinski definition) is 1. The van der Waals surface area contributed by atoms with Gasteiger partial charge in [-0.2, -0.15) is 0 Å². The van der Waals surface area contributed by atoms with E-state index in [1.165, 1.54) is 69.0 Å². The Balaban J connectivity index is 1.50. The van der Waals surface area contributed by atoms with Gasteiger partial charge >= 0.3 is 0 Å². The van der Waals surface area contributed by atoms with Gasteiger partial charge in [0.05, 0.1) is 0 Å². The average Bonchev–Trinajstić information content (AvgIpc) is 3.00. The van der Waals surface area contributed by atoms with Gasteiger partial charge in [0, 0.05) is 12.2 Å². The van der Waals surface area contributed by atoms with Crippen LogP contribution in [0.4, 0.5) is 5.69 Å². The van der Waals surface area contributed by atoms with Crippen molar-refractivity contribution in [2.45, 2.75) is 90.2 Å². The van der Waals surface area contributed by atoms with Crippen LogP contribution in [0.25, 0.3) is 0 Å². The fourth-order valence-corrected chi connectivity index (χ4v) is 3.64. The summed E-state index contributed by atoms with van der Waals surface area (Å²) in [6.07, 6.45) is 15.2. The van der Waals surface area contributed by atoms with E-state index >= 15 is 0 Å². The minimum atomic E-state index is -0.298. The maximum Gasteiger partial charge on any atom is 0.126 e. The molecule has 2 rings (SSSR count). The van der Waals surface area contributed by atoms with E-state index in [1.807, 2.05) is 0 Å².